The van der Waals surface area contributed by atoms with E-state index in [-0.39, 0.29) is 12.0 Å². The number of hydrogen-bond acceptors (Lipinski definition) is 2. The molecule has 0 aliphatic heterocycles. The average Bonchev–Trinajstić information content (AvgIpc) is 2.20. The quantitative estimate of drug-likeness (QED) is 0.714. The maximum Gasteiger partial charge on any atom is 0.315 e. The van der Waals surface area contributed by atoms with Crippen LogP contribution >= 0.6 is 0 Å². The van der Waals surface area contributed by atoms with Crippen LogP contribution in [0.15, 0.2) is 18.2 Å². The number of benzene rings is 1. The molecule has 0 unspecified atom stereocenters. The van der Waals surface area contributed by atoms with Crippen LogP contribution in [0.2, 0.25) is 0 Å². The number of carboxylic acids is 1. The van der Waals surface area contributed by atoms with Gasteiger partial charge in [0, 0.05) is 6.54 Å². The van der Waals surface area contributed by atoms with Crippen molar-refractivity contribution < 1.29 is 14.3 Å². The van der Waals surface area contributed by atoms with Crippen LogP contribution in [0.3, 0.4) is 0 Å². The molecule has 0 radical (unpaired) electrons. The van der Waals surface area contributed by atoms with Gasteiger partial charge < -0.3 is 10.8 Å². The van der Waals surface area contributed by atoms with E-state index in [1.165, 1.54) is 12.1 Å². The molecule has 15 heavy (non-hydrogen) atoms. The number of hydrogen-bond donors (Lipinski definition) is 2. The third-order valence-electron chi connectivity index (χ3n) is 1.73. The first kappa shape index (κ1) is 11.2. The fourth-order valence-corrected chi connectivity index (χ4v) is 1.01. The number of carbonyl (C=O) groups is 1. The second kappa shape index (κ2) is 5.13. The summed E-state index contributed by atoms with van der Waals surface area (Å²) in [6, 6.07) is 4.36. The zero-order chi connectivity index (χ0) is 11.3. The van der Waals surface area contributed by atoms with Crippen molar-refractivity contribution in [3.8, 4) is 11.8 Å². The van der Waals surface area contributed by atoms with E-state index in [9.17, 15) is 9.18 Å². The summed E-state index contributed by atoms with van der Waals surface area (Å²) in [5.74, 6) is 3.32. The van der Waals surface area contributed by atoms with Crippen LogP contribution in [0.5, 0.6) is 0 Å². The highest BCUT2D eigenvalue weighted by Gasteiger charge is 1.99. The molecule has 4 heteroatoms. The average molecular weight is 207 g/mol. The van der Waals surface area contributed by atoms with Gasteiger partial charge in [-0.15, -0.1) is 0 Å². The highest BCUT2D eigenvalue weighted by atomic mass is 19.1. The SMILES string of the molecule is NCc1ccc(F)c(C#CCC(=O)O)c1. The molecule has 0 aliphatic rings. The molecular formula is C11H10FNO2. The number of halogens is 1. The van der Waals surface area contributed by atoms with E-state index in [1.807, 2.05) is 0 Å². The minimum Gasteiger partial charge on any atom is -0.481 e. The molecule has 78 valence electrons. The zero-order valence-corrected chi connectivity index (χ0v) is 7.96. The Hall–Kier alpha value is -1.86. The lowest BCUT2D eigenvalue weighted by molar-refractivity contribution is -0.135. The molecule has 3 nitrogen and oxygen atoms in total. The predicted octanol–water partition coefficient (Wildman–Crippen LogP) is 1.11. The number of aliphatic carboxylic acids is 1. The third kappa shape index (κ3) is 3.41. The van der Waals surface area contributed by atoms with Crippen LogP contribution in [-0.4, -0.2) is 11.1 Å². The number of rotatable bonds is 2. The molecule has 0 bridgehead atoms. The molecule has 0 heterocycles. The van der Waals surface area contributed by atoms with E-state index < -0.39 is 11.8 Å². The molecule has 1 aromatic rings. The molecule has 3 N–H and O–H groups in total. The van der Waals surface area contributed by atoms with Gasteiger partial charge in [-0.25, -0.2) is 4.39 Å². The Bertz CT molecular complexity index is 432. The number of nitrogens with two attached hydrogens (primary N) is 1. The Morgan fingerprint density at radius 2 is 2.27 bits per heavy atom. The van der Waals surface area contributed by atoms with Gasteiger partial charge >= 0.3 is 5.97 Å². The first-order chi connectivity index (χ1) is 7.13. The van der Waals surface area contributed by atoms with E-state index in [0.29, 0.717) is 6.54 Å². The molecule has 0 spiro atoms. The van der Waals surface area contributed by atoms with Crippen LogP contribution in [0.25, 0.3) is 0 Å². The molecule has 0 saturated heterocycles. The summed E-state index contributed by atoms with van der Waals surface area (Å²) >= 11 is 0. The van der Waals surface area contributed by atoms with Crippen molar-refractivity contribution in [1.29, 1.82) is 0 Å². The Morgan fingerprint density at radius 3 is 2.87 bits per heavy atom. The molecular weight excluding hydrogens is 197 g/mol. The third-order valence-corrected chi connectivity index (χ3v) is 1.73. The monoisotopic (exact) mass is 207 g/mol. The van der Waals surface area contributed by atoms with Gasteiger partial charge in [0.2, 0.25) is 0 Å². The van der Waals surface area contributed by atoms with Crippen LogP contribution in [0, 0.1) is 17.7 Å². The Kier molecular flexibility index (Phi) is 3.83. The van der Waals surface area contributed by atoms with Gasteiger partial charge in [0.1, 0.15) is 12.2 Å². The molecule has 0 aliphatic carbocycles. The zero-order valence-electron chi connectivity index (χ0n) is 7.96. The van der Waals surface area contributed by atoms with Crippen molar-refractivity contribution in [2.24, 2.45) is 5.73 Å². The predicted molar refractivity (Wildman–Crippen MR) is 53.4 cm³/mol. The summed E-state index contributed by atoms with van der Waals surface area (Å²) in [6.07, 6.45) is -0.299. The standard InChI is InChI=1S/C11H10FNO2/c12-10-5-4-8(7-13)6-9(10)2-1-3-11(14)15/h4-6H,3,7,13H2,(H,14,15). The van der Waals surface area contributed by atoms with E-state index in [4.69, 9.17) is 10.8 Å². The summed E-state index contributed by atoms with van der Waals surface area (Å²) in [7, 11) is 0. The lowest BCUT2D eigenvalue weighted by Crippen LogP contribution is -1.97. The lowest BCUT2D eigenvalue weighted by atomic mass is 10.1. The van der Waals surface area contributed by atoms with Gasteiger partial charge in [-0.3, -0.25) is 4.79 Å². The van der Waals surface area contributed by atoms with Crippen molar-refractivity contribution >= 4 is 5.97 Å². The second-order valence-electron chi connectivity index (χ2n) is 2.89. The fourth-order valence-electron chi connectivity index (χ4n) is 1.01. The lowest BCUT2D eigenvalue weighted by Gasteiger charge is -1.98. The van der Waals surface area contributed by atoms with Crippen molar-refractivity contribution in [3.63, 3.8) is 0 Å². The van der Waals surface area contributed by atoms with Crippen LogP contribution in [0.1, 0.15) is 17.5 Å². The molecule has 0 saturated carbocycles. The summed E-state index contributed by atoms with van der Waals surface area (Å²) in [5, 5.41) is 8.35. The summed E-state index contributed by atoms with van der Waals surface area (Å²) in [6.45, 7) is 0.299. The fraction of sp³-hybridized carbons (Fsp3) is 0.182. The van der Waals surface area contributed by atoms with Gasteiger partial charge in [0.15, 0.2) is 0 Å². The van der Waals surface area contributed by atoms with Crippen molar-refractivity contribution in [2.75, 3.05) is 0 Å². The molecule has 0 aromatic heterocycles. The van der Waals surface area contributed by atoms with E-state index >= 15 is 0 Å². The van der Waals surface area contributed by atoms with Gasteiger partial charge in [0.05, 0.1) is 5.56 Å². The first-order valence-corrected chi connectivity index (χ1v) is 4.32. The Morgan fingerprint density at radius 1 is 1.53 bits per heavy atom. The smallest absolute Gasteiger partial charge is 0.315 e. The highest BCUT2D eigenvalue weighted by Crippen LogP contribution is 2.08. The highest BCUT2D eigenvalue weighted by molar-refractivity contribution is 5.70. The van der Waals surface area contributed by atoms with Crippen molar-refractivity contribution in [3.05, 3.63) is 35.1 Å². The van der Waals surface area contributed by atoms with E-state index in [0.717, 1.165) is 5.56 Å². The maximum atomic E-state index is 13.1. The van der Waals surface area contributed by atoms with Gasteiger partial charge in [-0.1, -0.05) is 17.9 Å². The molecule has 1 aromatic carbocycles. The normalized spacial score (nSPS) is 9.20. The van der Waals surface area contributed by atoms with Crippen LogP contribution in [0.4, 0.5) is 4.39 Å². The van der Waals surface area contributed by atoms with Crippen LogP contribution < -0.4 is 5.73 Å². The van der Waals surface area contributed by atoms with Crippen molar-refractivity contribution in [1.82, 2.24) is 0 Å². The molecule has 0 amide bonds. The van der Waals surface area contributed by atoms with Crippen LogP contribution in [-0.2, 0) is 11.3 Å². The second-order valence-corrected chi connectivity index (χ2v) is 2.89. The number of carboxylic acid groups (broad SMARTS) is 1. The van der Waals surface area contributed by atoms with E-state index in [2.05, 4.69) is 11.8 Å². The Labute approximate surface area is 86.7 Å². The van der Waals surface area contributed by atoms with Gasteiger partial charge in [0.25, 0.3) is 0 Å². The van der Waals surface area contributed by atoms with Gasteiger partial charge in [-0.2, -0.15) is 0 Å². The van der Waals surface area contributed by atoms with Crippen molar-refractivity contribution in [2.45, 2.75) is 13.0 Å². The maximum absolute atomic E-state index is 13.1. The minimum absolute atomic E-state index is 0.180. The first-order valence-electron chi connectivity index (χ1n) is 4.32. The largest absolute Gasteiger partial charge is 0.481 e. The topological polar surface area (TPSA) is 63.3 Å². The minimum atomic E-state index is -1.03. The summed E-state index contributed by atoms with van der Waals surface area (Å²) in [4.78, 5) is 10.2. The van der Waals surface area contributed by atoms with Gasteiger partial charge in [-0.05, 0) is 17.7 Å². The molecule has 0 fully saturated rings. The summed E-state index contributed by atoms with van der Waals surface area (Å²) in [5.41, 5.74) is 6.32. The summed E-state index contributed by atoms with van der Waals surface area (Å²) < 4.78 is 13.1. The molecule has 0 atom stereocenters. The van der Waals surface area contributed by atoms with E-state index in [1.54, 1.807) is 6.07 Å². The molecule has 1 rings (SSSR count). The Balaban J connectivity index is 2.91.